The van der Waals surface area contributed by atoms with Crippen LogP contribution in [0.25, 0.3) is 0 Å². The number of ether oxygens (including phenoxy) is 2. The first-order chi connectivity index (χ1) is 12.9. The number of benzene rings is 2. The molecule has 0 N–H and O–H groups in total. The van der Waals surface area contributed by atoms with Crippen molar-refractivity contribution >= 4 is 10.0 Å². The number of nitrogens with zero attached hydrogens (tertiary/aromatic N) is 1. The third-order valence-electron chi connectivity index (χ3n) is 5.61. The lowest BCUT2D eigenvalue weighted by molar-refractivity contribution is 0.374. The molecule has 2 aromatic carbocycles. The van der Waals surface area contributed by atoms with Crippen LogP contribution >= 0.6 is 0 Å². The number of hydrogen-bond donors (Lipinski definition) is 0. The average molecular weight is 385 g/mol. The van der Waals surface area contributed by atoms with E-state index in [1.165, 1.54) is 4.31 Å². The summed E-state index contributed by atoms with van der Waals surface area (Å²) in [6.07, 6.45) is 4.57. The van der Waals surface area contributed by atoms with E-state index in [-0.39, 0.29) is 11.3 Å². The maximum atomic E-state index is 13.0. The minimum Gasteiger partial charge on any atom is -0.496 e. The summed E-state index contributed by atoms with van der Waals surface area (Å²) in [6, 6.07) is 12.7. The molecule has 1 heterocycles. The first-order valence-electron chi connectivity index (χ1n) is 8.92. The highest BCUT2D eigenvalue weighted by Gasteiger charge is 2.59. The Labute approximate surface area is 160 Å². The van der Waals surface area contributed by atoms with Gasteiger partial charge >= 0.3 is 0 Å². The summed E-state index contributed by atoms with van der Waals surface area (Å²) in [5.41, 5.74) is 1.81. The summed E-state index contributed by atoms with van der Waals surface area (Å²) >= 11 is 0. The summed E-state index contributed by atoms with van der Waals surface area (Å²) in [5, 5.41) is 0. The molecule has 27 heavy (non-hydrogen) atoms. The van der Waals surface area contributed by atoms with E-state index in [2.05, 4.69) is 0 Å². The molecule has 4 rings (SSSR count). The fourth-order valence-corrected chi connectivity index (χ4v) is 5.35. The molecular weight excluding hydrogens is 362 g/mol. The van der Waals surface area contributed by atoms with Gasteiger partial charge in [0.15, 0.2) is 0 Å². The normalized spacial score (nSPS) is 23.7. The zero-order valence-electron chi connectivity index (χ0n) is 15.7. The third kappa shape index (κ3) is 2.79. The molecule has 0 aromatic heterocycles. The molecule has 0 saturated heterocycles. The van der Waals surface area contributed by atoms with E-state index in [0.717, 1.165) is 29.0 Å². The standard InChI is InChI=1S/C21H23NO4S/c1-15-7-9-17(10-8-15)27(23,24)22-12-11-21(13-16(21)14-22)20-18(25-2)5-4-6-19(20)26-3/h4-12,16H,13-14H2,1-3H3/t16-,21+/m0/s1. The van der Waals surface area contributed by atoms with Gasteiger partial charge in [-0.25, -0.2) is 8.42 Å². The zero-order chi connectivity index (χ0) is 19.2. The largest absolute Gasteiger partial charge is 0.496 e. The highest BCUT2D eigenvalue weighted by atomic mass is 32.2. The number of allylic oxidation sites excluding steroid dienone is 1. The molecule has 0 spiro atoms. The molecule has 1 saturated carbocycles. The molecule has 0 unspecified atom stereocenters. The molecule has 1 fully saturated rings. The number of fused-ring (bicyclic) bond motifs is 1. The van der Waals surface area contributed by atoms with Crippen LogP contribution in [0.5, 0.6) is 11.5 Å². The van der Waals surface area contributed by atoms with Gasteiger partial charge in [-0.05, 0) is 43.5 Å². The van der Waals surface area contributed by atoms with E-state index in [0.29, 0.717) is 11.4 Å². The van der Waals surface area contributed by atoms with Gasteiger partial charge in [-0.1, -0.05) is 29.8 Å². The van der Waals surface area contributed by atoms with Gasteiger partial charge in [0, 0.05) is 23.7 Å². The predicted octanol–water partition coefficient (Wildman–Crippen LogP) is 3.49. The van der Waals surface area contributed by atoms with E-state index in [4.69, 9.17) is 9.47 Å². The van der Waals surface area contributed by atoms with E-state index >= 15 is 0 Å². The van der Waals surface area contributed by atoms with Crippen molar-refractivity contribution in [1.82, 2.24) is 4.31 Å². The summed E-state index contributed by atoms with van der Waals surface area (Å²) in [5.74, 6) is 1.75. The van der Waals surface area contributed by atoms with Crippen molar-refractivity contribution in [1.29, 1.82) is 0 Å². The van der Waals surface area contributed by atoms with Gasteiger partial charge in [-0.15, -0.1) is 0 Å². The molecule has 6 heteroatoms. The van der Waals surface area contributed by atoms with Crippen molar-refractivity contribution in [3.63, 3.8) is 0 Å². The van der Waals surface area contributed by atoms with E-state index in [9.17, 15) is 8.42 Å². The second kappa shape index (κ2) is 6.30. The lowest BCUT2D eigenvalue weighted by atomic mass is 9.90. The first kappa shape index (κ1) is 17.9. The minimum absolute atomic E-state index is 0.202. The average Bonchev–Trinajstić information content (AvgIpc) is 3.42. The quantitative estimate of drug-likeness (QED) is 0.791. The van der Waals surface area contributed by atoms with Crippen LogP contribution in [0.15, 0.2) is 59.6 Å². The van der Waals surface area contributed by atoms with Crippen molar-refractivity contribution in [2.24, 2.45) is 5.92 Å². The Balaban J connectivity index is 1.69. The number of hydrogen-bond acceptors (Lipinski definition) is 4. The summed E-state index contributed by atoms with van der Waals surface area (Å²) < 4.78 is 38.5. The van der Waals surface area contributed by atoms with Gasteiger partial charge in [0.05, 0.1) is 19.1 Å². The van der Waals surface area contributed by atoms with Crippen LogP contribution in [0.2, 0.25) is 0 Å². The highest BCUT2D eigenvalue weighted by Crippen LogP contribution is 2.62. The van der Waals surface area contributed by atoms with Crippen molar-refractivity contribution in [2.45, 2.75) is 23.7 Å². The molecule has 1 aliphatic heterocycles. The van der Waals surface area contributed by atoms with Gasteiger partial charge in [0.1, 0.15) is 11.5 Å². The topological polar surface area (TPSA) is 55.8 Å². The van der Waals surface area contributed by atoms with Crippen molar-refractivity contribution in [3.05, 3.63) is 65.9 Å². The highest BCUT2D eigenvalue weighted by molar-refractivity contribution is 7.89. The monoisotopic (exact) mass is 385 g/mol. The molecular formula is C21H23NO4S. The molecule has 5 nitrogen and oxygen atoms in total. The Kier molecular flexibility index (Phi) is 4.18. The second-order valence-corrected chi connectivity index (χ2v) is 9.07. The molecule has 2 atom stereocenters. The lowest BCUT2D eigenvalue weighted by Crippen LogP contribution is -2.33. The first-order valence-corrected chi connectivity index (χ1v) is 10.4. The van der Waals surface area contributed by atoms with E-state index in [1.807, 2.05) is 43.3 Å². The van der Waals surface area contributed by atoms with Crippen LogP contribution in [-0.4, -0.2) is 33.5 Å². The summed E-state index contributed by atoms with van der Waals surface area (Å²) in [6.45, 7) is 2.39. The molecule has 0 bridgehead atoms. The smallest absolute Gasteiger partial charge is 0.263 e. The van der Waals surface area contributed by atoms with Gasteiger partial charge in [0.25, 0.3) is 10.0 Å². The van der Waals surface area contributed by atoms with Gasteiger partial charge in [-0.2, -0.15) is 0 Å². The van der Waals surface area contributed by atoms with Crippen LogP contribution in [0.1, 0.15) is 17.5 Å². The van der Waals surface area contributed by atoms with E-state index < -0.39 is 10.0 Å². The molecule has 0 amide bonds. The van der Waals surface area contributed by atoms with Crippen LogP contribution < -0.4 is 9.47 Å². The minimum atomic E-state index is -3.54. The van der Waals surface area contributed by atoms with Crippen molar-refractivity contribution in [2.75, 3.05) is 20.8 Å². The molecule has 2 aromatic rings. The Bertz CT molecular complexity index is 975. The SMILES string of the molecule is COc1cccc(OC)c1[C@@]12C=CN(S(=O)(=O)c3ccc(C)cc3)C[C@@H]1C2. The van der Waals surface area contributed by atoms with Crippen molar-refractivity contribution in [3.8, 4) is 11.5 Å². The van der Waals surface area contributed by atoms with Crippen LogP contribution in [0.3, 0.4) is 0 Å². The van der Waals surface area contributed by atoms with Gasteiger partial charge in [-0.3, -0.25) is 4.31 Å². The maximum absolute atomic E-state index is 13.0. The summed E-state index contributed by atoms with van der Waals surface area (Å²) in [4.78, 5) is 0.320. The van der Waals surface area contributed by atoms with E-state index in [1.54, 1.807) is 32.6 Å². The van der Waals surface area contributed by atoms with Crippen LogP contribution in [0, 0.1) is 12.8 Å². The third-order valence-corrected chi connectivity index (χ3v) is 7.37. The number of aryl methyl sites for hydroxylation is 1. The summed E-state index contributed by atoms with van der Waals surface area (Å²) in [7, 11) is -0.250. The Hall–Kier alpha value is -2.47. The van der Waals surface area contributed by atoms with Crippen LogP contribution in [0.4, 0.5) is 0 Å². The molecule has 2 aliphatic rings. The zero-order valence-corrected chi connectivity index (χ0v) is 16.5. The molecule has 1 aliphatic carbocycles. The Morgan fingerprint density at radius 1 is 1.04 bits per heavy atom. The predicted molar refractivity (Wildman–Crippen MR) is 104 cm³/mol. The van der Waals surface area contributed by atoms with Crippen molar-refractivity contribution < 1.29 is 17.9 Å². The number of methoxy groups -OCH3 is 2. The van der Waals surface area contributed by atoms with Gasteiger partial charge in [0.2, 0.25) is 0 Å². The fraction of sp³-hybridized carbons (Fsp3) is 0.333. The Morgan fingerprint density at radius 3 is 2.22 bits per heavy atom. The lowest BCUT2D eigenvalue weighted by Gasteiger charge is -2.28. The van der Waals surface area contributed by atoms with Crippen LogP contribution in [-0.2, 0) is 15.4 Å². The second-order valence-electron chi connectivity index (χ2n) is 7.18. The fourth-order valence-electron chi connectivity index (χ4n) is 4.00. The Morgan fingerprint density at radius 2 is 1.67 bits per heavy atom. The molecule has 0 radical (unpaired) electrons. The van der Waals surface area contributed by atoms with Gasteiger partial charge < -0.3 is 9.47 Å². The maximum Gasteiger partial charge on any atom is 0.263 e. The number of rotatable bonds is 5. The number of sulfonamides is 1. The molecule has 142 valence electrons.